The lowest BCUT2D eigenvalue weighted by Crippen LogP contribution is -2.38. The molecule has 0 aliphatic rings. The maximum absolute atomic E-state index is 11.8. The van der Waals surface area contributed by atoms with Crippen LogP contribution in [-0.4, -0.2) is 29.6 Å². The molecule has 1 aromatic carbocycles. The molecule has 0 aliphatic carbocycles. The third-order valence-electron chi connectivity index (χ3n) is 2.85. The summed E-state index contributed by atoms with van der Waals surface area (Å²) in [5, 5.41) is 2.08. The van der Waals surface area contributed by atoms with Crippen LogP contribution in [0.3, 0.4) is 0 Å². The lowest BCUT2D eigenvalue weighted by Gasteiger charge is -2.19. The monoisotopic (exact) mass is 336 g/mol. The Labute approximate surface area is 141 Å². The van der Waals surface area contributed by atoms with Crippen LogP contribution in [0.2, 0.25) is 0 Å². The van der Waals surface area contributed by atoms with E-state index >= 15 is 0 Å². The number of carbonyl (C=O) groups excluding carboxylic acids is 3. The Morgan fingerprint density at radius 2 is 1.79 bits per heavy atom. The number of amides is 2. The zero-order chi connectivity index (χ0) is 18.2. The highest BCUT2D eigenvalue weighted by atomic mass is 16.6. The third-order valence-corrected chi connectivity index (χ3v) is 2.85. The SMILES string of the molecule is CC(C)(C)OC(=O)NC(=O)CCC(N)C(=O)OCc1ccccc1. The number of esters is 1. The van der Waals surface area contributed by atoms with Crippen molar-refractivity contribution in [2.24, 2.45) is 5.73 Å². The zero-order valence-electron chi connectivity index (χ0n) is 14.2. The molecule has 0 bridgehead atoms. The van der Waals surface area contributed by atoms with E-state index in [-0.39, 0.29) is 19.4 Å². The summed E-state index contributed by atoms with van der Waals surface area (Å²) in [5.74, 6) is -1.15. The Balaban J connectivity index is 2.29. The predicted molar refractivity (Wildman–Crippen MR) is 87.8 cm³/mol. The van der Waals surface area contributed by atoms with Crippen LogP contribution in [0.4, 0.5) is 4.79 Å². The largest absolute Gasteiger partial charge is 0.460 e. The molecule has 2 amide bonds. The summed E-state index contributed by atoms with van der Waals surface area (Å²) in [5.41, 5.74) is 5.85. The van der Waals surface area contributed by atoms with Gasteiger partial charge in [-0.05, 0) is 32.8 Å². The van der Waals surface area contributed by atoms with Gasteiger partial charge in [-0.15, -0.1) is 0 Å². The second-order valence-corrected chi connectivity index (χ2v) is 6.29. The van der Waals surface area contributed by atoms with Gasteiger partial charge in [-0.1, -0.05) is 30.3 Å². The van der Waals surface area contributed by atoms with Crippen molar-refractivity contribution in [2.75, 3.05) is 0 Å². The van der Waals surface area contributed by atoms with E-state index in [1.165, 1.54) is 0 Å². The molecular weight excluding hydrogens is 312 g/mol. The lowest BCUT2D eigenvalue weighted by atomic mass is 10.1. The molecule has 132 valence electrons. The number of nitrogens with one attached hydrogen (secondary N) is 1. The fourth-order valence-electron chi connectivity index (χ4n) is 1.72. The highest BCUT2D eigenvalue weighted by molar-refractivity contribution is 5.92. The number of ether oxygens (including phenoxy) is 2. The van der Waals surface area contributed by atoms with Crippen molar-refractivity contribution in [1.29, 1.82) is 0 Å². The molecule has 1 unspecified atom stereocenters. The maximum Gasteiger partial charge on any atom is 0.414 e. The molecule has 0 fully saturated rings. The van der Waals surface area contributed by atoms with Crippen LogP contribution in [-0.2, 0) is 25.7 Å². The van der Waals surface area contributed by atoms with Gasteiger partial charge in [-0.25, -0.2) is 4.79 Å². The first-order chi connectivity index (χ1) is 11.2. The van der Waals surface area contributed by atoms with Crippen molar-refractivity contribution in [3.8, 4) is 0 Å². The van der Waals surface area contributed by atoms with Gasteiger partial charge in [0.1, 0.15) is 18.2 Å². The van der Waals surface area contributed by atoms with Crippen molar-refractivity contribution in [2.45, 2.75) is 51.9 Å². The number of alkyl carbamates (subject to hydrolysis) is 1. The van der Waals surface area contributed by atoms with Gasteiger partial charge in [0, 0.05) is 6.42 Å². The van der Waals surface area contributed by atoms with Gasteiger partial charge in [0.05, 0.1) is 0 Å². The molecule has 1 atom stereocenters. The summed E-state index contributed by atoms with van der Waals surface area (Å²) in [6, 6.07) is 8.26. The molecule has 7 nitrogen and oxygen atoms in total. The minimum atomic E-state index is -0.932. The molecule has 0 aliphatic heterocycles. The van der Waals surface area contributed by atoms with Crippen LogP contribution in [0.5, 0.6) is 0 Å². The van der Waals surface area contributed by atoms with E-state index in [1.54, 1.807) is 20.8 Å². The number of nitrogens with two attached hydrogens (primary N) is 1. The molecule has 3 N–H and O–H groups in total. The second-order valence-electron chi connectivity index (χ2n) is 6.29. The van der Waals surface area contributed by atoms with Crippen molar-refractivity contribution in [1.82, 2.24) is 5.32 Å². The molecule has 7 heteroatoms. The van der Waals surface area contributed by atoms with Gasteiger partial charge >= 0.3 is 12.1 Å². The van der Waals surface area contributed by atoms with Crippen LogP contribution in [0.25, 0.3) is 0 Å². The number of carbonyl (C=O) groups is 3. The number of imide groups is 1. The van der Waals surface area contributed by atoms with Crippen molar-refractivity contribution >= 4 is 18.0 Å². The van der Waals surface area contributed by atoms with E-state index in [1.807, 2.05) is 30.3 Å². The van der Waals surface area contributed by atoms with Gasteiger partial charge in [0.15, 0.2) is 0 Å². The fourth-order valence-corrected chi connectivity index (χ4v) is 1.72. The summed E-state index contributed by atoms with van der Waals surface area (Å²) in [4.78, 5) is 34.8. The fraction of sp³-hybridized carbons (Fsp3) is 0.471. The van der Waals surface area contributed by atoms with E-state index in [0.717, 1.165) is 5.56 Å². The van der Waals surface area contributed by atoms with E-state index in [2.05, 4.69) is 5.32 Å². The quantitative estimate of drug-likeness (QED) is 0.768. The topological polar surface area (TPSA) is 108 Å². The van der Waals surface area contributed by atoms with Gasteiger partial charge in [-0.2, -0.15) is 0 Å². The minimum absolute atomic E-state index is 0.0717. The molecule has 0 saturated carbocycles. The predicted octanol–water partition coefficient (Wildman–Crippen LogP) is 1.89. The summed E-state index contributed by atoms with van der Waals surface area (Å²) in [6.45, 7) is 5.19. The number of hydrogen-bond acceptors (Lipinski definition) is 6. The summed E-state index contributed by atoms with van der Waals surface area (Å²) < 4.78 is 10.0. The third kappa shape index (κ3) is 8.28. The van der Waals surface area contributed by atoms with Gasteiger partial charge in [0.25, 0.3) is 0 Å². The highest BCUT2D eigenvalue weighted by Gasteiger charge is 2.20. The highest BCUT2D eigenvalue weighted by Crippen LogP contribution is 2.07. The summed E-state index contributed by atoms with van der Waals surface area (Å²) in [7, 11) is 0. The van der Waals surface area contributed by atoms with Gasteiger partial charge < -0.3 is 15.2 Å². The Hall–Kier alpha value is -2.41. The molecule has 1 rings (SSSR count). The molecule has 0 saturated heterocycles. The van der Waals surface area contributed by atoms with E-state index in [0.29, 0.717) is 0 Å². The summed E-state index contributed by atoms with van der Waals surface area (Å²) >= 11 is 0. The standard InChI is InChI=1S/C17H24N2O5/c1-17(2,3)24-16(22)19-14(20)10-9-13(18)15(21)23-11-12-7-5-4-6-8-12/h4-8,13H,9-11,18H2,1-3H3,(H,19,20,22). The molecule has 0 aromatic heterocycles. The summed E-state index contributed by atoms with van der Waals surface area (Å²) in [6.07, 6.45) is -0.837. The second kappa shape index (κ2) is 9.02. The van der Waals surface area contributed by atoms with Crippen LogP contribution < -0.4 is 11.1 Å². The van der Waals surface area contributed by atoms with Crippen molar-refractivity contribution in [3.63, 3.8) is 0 Å². The number of hydrogen-bond donors (Lipinski definition) is 2. The normalized spacial score (nSPS) is 12.2. The Bertz CT molecular complexity index is 566. The number of benzene rings is 1. The molecule has 0 spiro atoms. The van der Waals surface area contributed by atoms with Gasteiger partial charge in [0.2, 0.25) is 5.91 Å². The molecular formula is C17H24N2O5. The van der Waals surface area contributed by atoms with Crippen molar-refractivity contribution in [3.05, 3.63) is 35.9 Å². The molecule has 0 heterocycles. The van der Waals surface area contributed by atoms with E-state index < -0.39 is 29.6 Å². The number of rotatable bonds is 6. The smallest absolute Gasteiger partial charge is 0.414 e. The van der Waals surface area contributed by atoms with Crippen LogP contribution in [0, 0.1) is 0 Å². The Morgan fingerprint density at radius 3 is 2.38 bits per heavy atom. The Morgan fingerprint density at radius 1 is 1.17 bits per heavy atom. The molecule has 24 heavy (non-hydrogen) atoms. The van der Waals surface area contributed by atoms with Crippen molar-refractivity contribution < 1.29 is 23.9 Å². The first-order valence-electron chi connectivity index (χ1n) is 7.66. The first kappa shape index (κ1) is 19.6. The molecule has 0 radical (unpaired) electrons. The van der Waals surface area contributed by atoms with Gasteiger partial charge in [-0.3, -0.25) is 14.9 Å². The molecule has 1 aromatic rings. The minimum Gasteiger partial charge on any atom is -0.460 e. The maximum atomic E-state index is 11.8. The average Bonchev–Trinajstić information content (AvgIpc) is 2.49. The van der Waals surface area contributed by atoms with Crippen LogP contribution in [0.1, 0.15) is 39.2 Å². The average molecular weight is 336 g/mol. The van der Waals surface area contributed by atoms with Crippen LogP contribution >= 0.6 is 0 Å². The zero-order valence-corrected chi connectivity index (χ0v) is 14.2. The van der Waals surface area contributed by atoms with E-state index in [9.17, 15) is 14.4 Å². The van der Waals surface area contributed by atoms with Crippen LogP contribution in [0.15, 0.2) is 30.3 Å². The van der Waals surface area contributed by atoms with E-state index in [4.69, 9.17) is 15.2 Å². The first-order valence-corrected chi connectivity index (χ1v) is 7.66. The lowest BCUT2D eigenvalue weighted by molar-refractivity contribution is -0.146. The Kier molecular flexibility index (Phi) is 7.38.